The van der Waals surface area contributed by atoms with Crippen molar-refractivity contribution in [3.8, 4) is 0 Å². The summed E-state index contributed by atoms with van der Waals surface area (Å²) in [6, 6.07) is 5.62. The van der Waals surface area contributed by atoms with Crippen molar-refractivity contribution in [2.24, 2.45) is 4.99 Å². The summed E-state index contributed by atoms with van der Waals surface area (Å²) in [4.78, 5) is 15.0. The molecule has 0 aromatic heterocycles. The number of rotatable bonds is 5. The molecule has 0 amide bonds. The van der Waals surface area contributed by atoms with Crippen LogP contribution in [0.25, 0.3) is 0 Å². The number of allylic oxidation sites excluding steroid dienone is 2. The molecule has 0 saturated carbocycles. The van der Waals surface area contributed by atoms with E-state index >= 15 is 0 Å². The first-order valence-electron chi connectivity index (χ1n) is 7.08. The molecule has 3 N–H and O–H groups in total. The Kier molecular flexibility index (Phi) is 5.17. The Morgan fingerprint density at radius 3 is 2.48 bits per heavy atom. The number of aliphatic carboxylic acids is 1. The number of carboxylic acids is 1. The zero-order valence-corrected chi connectivity index (χ0v) is 13.4. The molecule has 124 valence electrons. The van der Waals surface area contributed by atoms with E-state index in [4.69, 9.17) is 9.66 Å². The third-order valence-electron chi connectivity index (χ3n) is 3.58. The summed E-state index contributed by atoms with van der Waals surface area (Å²) >= 11 is 0. The highest BCUT2D eigenvalue weighted by atomic mass is 32.2. The van der Waals surface area contributed by atoms with Crippen molar-refractivity contribution in [1.29, 1.82) is 0 Å². The lowest BCUT2D eigenvalue weighted by Crippen LogP contribution is -2.26. The van der Waals surface area contributed by atoms with Crippen LogP contribution in [0.3, 0.4) is 0 Å². The smallest absolute Gasteiger partial charge is 0.322 e. The molecule has 0 saturated heterocycles. The Hall–Kier alpha value is -2.19. The molecule has 0 atom stereocenters. The highest BCUT2D eigenvalue weighted by Crippen LogP contribution is 2.24. The van der Waals surface area contributed by atoms with Gasteiger partial charge in [-0.05, 0) is 56.0 Å². The van der Waals surface area contributed by atoms with Gasteiger partial charge in [-0.15, -0.1) is 0 Å². The van der Waals surface area contributed by atoms with Crippen LogP contribution in [0.1, 0.15) is 26.2 Å². The van der Waals surface area contributed by atoms with E-state index in [-0.39, 0.29) is 11.4 Å². The zero-order valence-electron chi connectivity index (χ0n) is 12.6. The van der Waals surface area contributed by atoms with E-state index in [1.165, 1.54) is 24.3 Å². The largest absolute Gasteiger partial charge is 0.480 e. The molecular formula is C15H18N2O5S. The first kappa shape index (κ1) is 17.2. The molecule has 1 aliphatic rings. The maximum Gasteiger partial charge on any atom is 0.322 e. The van der Waals surface area contributed by atoms with Gasteiger partial charge in [-0.3, -0.25) is 14.3 Å². The number of carbonyl (C=O) groups is 1. The topological polar surface area (TPSA) is 116 Å². The van der Waals surface area contributed by atoms with Crippen LogP contribution in [0.2, 0.25) is 0 Å². The first-order chi connectivity index (χ1) is 10.8. The van der Waals surface area contributed by atoms with Gasteiger partial charge in [-0.1, -0.05) is 0 Å². The van der Waals surface area contributed by atoms with E-state index in [0.29, 0.717) is 5.69 Å². The number of aliphatic imine (C=N–C) groups is 1. The average Bonchev–Trinajstić information content (AvgIpc) is 2.47. The summed E-state index contributed by atoms with van der Waals surface area (Å²) in [5.74, 6) is -0.921. The quantitative estimate of drug-likeness (QED) is 0.708. The maximum atomic E-state index is 11.0. The lowest BCUT2D eigenvalue weighted by molar-refractivity contribution is -0.135. The predicted molar refractivity (Wildman–Crippen MR) is 85.5 cm³/mol. The normalized spacial score (nSPS) is 17.4. The Morgan fingerprint density at radius 1 is 1.26 bits per heavy atom. The van der Waals surface area contributed by atoms with Crippen molar-refractivity contribution in [2.75, 3.05) is 6.54 Å². The number of nitrogens with one attached hydrogen (secondary N) is 1. The molecule has 0 bridgehead atoms. The second-order valence-electron chi connectivity index (χ2n) is 5.23. The Balaban J connectivity index is 2.24. The maximum absolute atomic E-state index is 11.0. The fourth-order valence-electron chi connectivity index (χ4n) is 2.37. The summed E-state index contributed by atoms with van der Waals surface area (Å²) < 4.78 is 31.0. The van der Waals surface area contributed by atoms with Gasteiger partial charge in [-0.2, -0.15) is 8.42 Å². The fraction of sp³-hybridized carbons (Fsp3) is 0.333. The summed E-state index contributed by atoms with van der Waals surface area (Å²) in [5.41, 5.74) is 3.19. The number of carboxylic acid groups (broad SMARTS) is 1. The molecule has 0 fully saturated rings. The molecular weight excluding hydrogens is 320 g/mol. The summed E-state index contributed by atoms with van der Waals surface area (Å²) in [5, 5.41) is 11.6. The number of benzene rings is 1. The molecule has 1 aromatic carbocycles. The van der Waals surface area contributed by atoms with Crippen LogP contribution in [0.4, 0.5) is 5.69 Å². The van der Waals surface area contributed by atoms with Crippen LogP contribution >= 0.6 is 0 Å². The average molecular weight is 338 g/mol. The fourth-order valence-corrected chi connectivity index (χ4v) is 2.85. The monoisotopic (exact) mass is 338 g/mol. The van der Waals surface area contributed by atoms with Gasteiger partial charge in [0.25, 0.3) is 10.1 Å². The van der Waals surface area contributed by atoms with Crippen molar-refractivity contribution >= 4 is 27.5 Å². The lowest BCUT2D eigenvalue weighted by Gasteiger charge is -2.20. The van der Waals surface area contributed by atoms with Gasteiger partial charge in [-0.25, -0.2) is 0 Å². The Labute approximate surface area is 134 Å². The second kappa shape index (κ2) is 6.93. The van der Waals surface area contributed by atoms with E-state index in [9.17, 15) is 13.2 Å². The van der Waals surface area contributed by atoms with Gasteiger partial charge in [0.05, 0.1) is 10.6 Å². The van der Waals surface area contributed by atoms with E-state index in [1.807, 2.05) is 6.92 Å². The molecule has 0 unspecified atom stereocenters. The minimum Gasteiger partial charge on any atom is -0.480 e. The van der Waals surface area contributed by atoms with Crippen molar-refractivity contribution in [3.63, 3.8) is 0 Å². The third kappa shape index (κ3) is 4.64. The SMILES string of the molecule is CC1=C(NCC(=O)O)CCCC1=Nc1ccc(S(=O)(=O)O)cc1. The Morgan fingerprint density at radius 2 is 1.91 bits per heavy atom. The molecule has 1 aliphatic carbocycles. The van der Waals surface area contributed by atoms with E-state index in [2.05, 4.69) is 10.3 Å². The molecule has 23 heavy (non-hydrogen) atoms. The molecule has 8 heteroatoms. The van der Waals surface area contributed by atoms with Crippen LogP contribution in [-0.2, 0) is 14.9 Å². The van der Waals surface area contributed by atoms with Gasteiger partial charge >= 0.3 is 5.97 Å². The number of hydrogen-bond donors (Lipinski definition) is 3. The summed E-state index contributed by atoms with van der Waals surface area (Å²) in [7, 11) is -4.21. The minimum absolute atomic E-state index is 0.136. The van der Waals surface area contributed by atoms with Crippen LogP contribution in [0.5, 0.6) is 0 Å². The van der Waals surface area contributed by atoms with E-state index in [0.717, 1.165) is 36.2 Å². The highest BCUT2D eigenvalue weighted by Gasteiger charge is 2.16. The standard InChI is InChI=1S/C15H18N2O5S/c1-10-13(16-9-15(18)19)3-2-4-14(10)17-11-5-7-12(8-6-11)23(20,21)22/h5-8,16H,2-4,9H2,1H3,(H,18,19)(H,20,21,22). The number of hydrogen-bond acceptors (Lipinski definition) is 5. The van der Waals surface area contributed by atoms with Crippen LogP contribution in [0, 0.1) is 0 Å². The number of nitrogens with zero attached hydrogens (tertiary/aromatic N) is 1. The van der Waals surface area contributed by atoms with Gasteiger partial charge in [0.15, 0.2) is 0 Å². The van der Waals surface area contributed by atoms with Crippen molar-refractivity contribution < 1.29 is 22.9 Å². The lowest BCUT2D eigenvalue weighted by atomic mass is 9.95. The highest BCUT2D eigenvalue weighted by molar-refractivity contribution is 7.85. The molecule has 0 heterocycles. The summed E-state index contributed by atoms with van der Waals surface area (Å²) in [6.45, 7) is 1.75. The third-order valence-corrected chi connectivity index (χ3v) is 4.45. The van der Waals surface area contributed by atoms with Gasteiger partial charge in [0, 0.05) is 11.4 Å². The van der Waals surface area contributed by atoms with Crippen LogP contribution in [-0.4, -0.2) is 36.3 Å². The van der Waals surface area contributed by atoms with Crippen LogP contribution in [0.15, 0.2) is 45.4 Å². The second-order valence-corrected chi connectivity index (χ2v) is 6.65. The molecule has 0 radical (unpaired) electrons. The minimum atomic E-state index is -4.21. The van der Waals surface area contributed by atoms with Gasteiger partial charge < -0.3 is 10.4 Å². The van der Waals surface area contributed by atoms with Crippen molar-refractivity contribution in [1.82, 2.24) is 5.32 Å². The van der Waals surface area contributed by atoms with E-state index < -0.39 is 16.1 Å². The molecule has 0 aliphatic heterocycles. The van der Waals surface area contributed by atoms with Crippen LogP contribution < -0.4 is 5.32 Å². The van der Waals surface area contributed by atoms with Gasteiger partial charge in [0.2, 0.25) is 0 Å². The molecule has 1 aromatic rings. The Bertz CT molecular complexity index is 764. The van der Waals surface area contributed by atoms with Crippen molar-refractivity contribution in [2.45, 2.75) is 31.1 Å². The molecule has 2 rings (SSSR count). The van der Waals surface area contributed by atoms with Gasteiger partial charge in [0.1, 0.15) is 6.54 Å². The molecule has 0 spiro atoms. The zero-order chi connectivity index (χ0) is 17.0. The van der Waals surface area contributed by atoms with Crippen molar-refractivity contribution in [3.05, 3.63) is 35.5 Å². The van der Waals surface area contributed by atoms with E-state index in [1.54, 1.807) is 0 Å². The predicted octanol–water partition coefficient (Wildman–Crippen LogP) is 2.14. The molecule has 7 nitrogen and oxygen atoms in total. The summed E-state index contributed by atoms with van der Waals surface area (Å²) in [6.07, 6.45) is 2.41. The first-order valence-corrected chi connectivity index (χ1v) is 8.52.